The molecule has 5 heteroatoms. The van der Waals surface area contributed by atoms with Gasteiger partial charge in [-0.25, -0.2) is 0 Å². The van der Waals surface area contributed by atoms with E-state index < -0.39 is 0 Å². The number of hydrogen-bond acceptors (Lipinski definition) is 3. The lowest BCUT2D eigenvalue weighted by molar-refractivity contribution is 0.613. The first-order valence-electron chi connectivity index (χ1n) is 4.61. The van der Waals surface area contributed by atoms with Crippen molar-refractivity contribution in [1.82, 2.24) is 15.1 Å². The van der Waals surface area contributed by atoms with Crippen molar-refractivity contribution in [1.29, 1.82) is 0 Å². The molecule has 2 heterocycles. The summed E-state index contributed by atoms with van der Waals surface area (Å²) in [5.74, 6) is 0. The van der Waals surface area contributed by atoms with Gasteiger partial charge < -0.3 is 5.32 Å². The first-order valence-corrected chi connectivity index (χ1v) is 6.28. The number of thiophene rings is 1. The van der Waals surface area contributed by atoms with Gasteiger partial charge in [-0.05, 0) is 35.1 Å². The summed E-state index contributed by atoms with van der Waals surface area (Å²) in [6, 6.07) is 4.39. The molecule has 2 aromatic heterocycles. The van der Waals surface area contributed by atoms with Crippen LogP contribution in [0.2, 0.25) is 0 Å². The van der Waals surface area contributed by atoms with Crippen molar-refractivity contribution >= 4 is 27.3 Å². The van der Waals surface area contributed by atoms with Crippen LogP contribution in [0.3, 0.4) is 0 Å². The Hall–Kier alpha value is -0.650. The van der Waals surface area contributed by atoms with E-state index in [0.717, 1.165) is 4.47 Å². The fourth-order valence-corrected chi connectivity index (χ4v) is 3.15. The van der Waals surface area contributed by atoms with Crippen molar-refractivity contribution in [3.8, 4) is 0 Å². The van der Waals surface area contributed by atoms with Crippen LogP contribution in [0.15, 0.2) is 28.2 Å². The molecule has 0 bridgehead atoms. The summed E-state index contributed by atoms with van der Waals surface area (Å²) >= 11 is 5.21. The number of rotatable bonds is 3. The Morgan fingerprint density at radius 1 is 1.60 bits per heavy atom. The van der Waals surface area contributed by atoms with Crippen LogP contribution in [-0.2, 0) is 7.05 Å². The highest BCUT2D eigenvalue weighted by atomic mass is 79.9. The standard InChI is InChI=1S/C10H12BrN3S/c1-12-10(8-3-4-13-14(8)2)9-5-7(11)6-15-9/h3-6,10,12H,1-2H3. The smallest absolute Gasteiger partial charge is 0.0839 e. The van der Waals surface area contributed by atoms with E-state index in [-0.39, 0.29) is 6.04 Å². The number of aryl methyl sites for hydroxylation is 1. The lowest BCUT2D eigenvalue weighted by Gasteiger charge is -2.14. The van der Waals surface area contributed by atoms with Gasteiger partial charge in [0, 0.05) is 28.0 Å². The molecule has 0 aliphatic rings. The molecule has 0 aliphatic carbocycles. The van der Waals surface area contributed by atoms with Crippen molar-refractivity contribution in [3.05, 3.63) is 38.8 Å². The molecule has 0 saturated heterocycles. The maximum Gasteiger partial charge on any atom is 0.0839 e. The number of nitrogens with one attached hydrogen (secondary N) is 1. The van der Waals surface area contributed by atoms with Gasteiger partial charge in [0.05, 0.1) is 11.7 Å². The summed E-state index contributed by atoms with van der Waals surface area (Å²) in [7, 11) is 3.92. The zero-order valence-corrected chi connectivity index (χ0v) is 11.0. The van der Waals surface area contributed by atoms with E-state index in [1.807, 2.05) is 31.0 Å². The molecular weight excluding hydrogens is 274 g/mol. The molecule has 0 spiro atoms. The van der Waals surface area contributed by atoms with Gasteiger partial charge in [-0.15, -0.1) is 11.3 Å². The summed E-state index contributed by atoms with van der Waals surface area (Å²) in [6.45, 7) is 0. The van der Waals surface area contributed by atoms with Crippen LogP contribution in [0.5, 0.6) is 0 Å². The average Bonchev–Trinajstić information content (AvgIpc) is 2.79. The molecule has 80 valence electrons. The highest BCUT2D eigenvalue weighted by Gasteiger charge is 2.16. The molecule has 0 fully saturated rings. The number of hydrogen-bond donors (Lipinski definition) is 1. The van der Waals surface area contributed by atoms with Gasteiger partial charge in [-0.2, -0.15) is 5.10 Å². The third-order valence-electron chi connectivity index (χ3n) is 2.32. The summed E-state index contributed by atoms with van der Waals surface area (Å²) in [6.07, 6.45) is 1.82. The Morgan fingerprint density at radius 2 is 2.40 bits per heavy atom. The van der Waals surface area contributed by atoms with Gasteiger partial charge >= 0.3 is 0 Å². The number of halogens is 1. The van der Waals surface area contributed by atoms with Crippen molar-refractivity contribution in [3.63, 3.8) is 0 Å². The summed E-state index contributed by atoms with van der Waals surface area (Å²) in [4.78, 5) is 1.29. The monoisotopic (exact) mass is 285 g/mol. The fraction of sp³-hybridized carbons (Fsp3) is 0.300. The van der Waals surface area contributed by atoms with Crippen molar-refractivity contribution in [2.45, 2.75) is 6.04 Å². The number of nitrogens with zero attached hydrogens (tertiary/aromatic N) is 2. The van der Waals surface area contributed by atoms with Crippen LogP contribution < -0.4 is 5.32 Å². The third kappa shape index (κ3) is 2.14. The van der Waals surface area contributed by atoms with Gasteiger partial charge in [-0.3, -0.25) is 4.68 Å². The van der Waals surface area contributed by atoms with Crippen LogP contribution in [-0.4, -0.2) is 16.8 Å². The summed E-state index contributed by atoms with van der Waals surface area (Å²) in [5.41, 5.74) is 1.17. The zero-order valence-electron chi connectivity index (χ0n) is 8.57. The van der Waals surface area contributed by atoms with Gasteiger partial charge in [0.1, 0.15) is 0 Å². The molecule has 0 amide bonds. The van der Waals surface area contributed by atoms with Crippen molar-refractivity contribution in [2.75, 3.05) is 7.05 Å². The lowest BCUT2D eigenvalue weighted by atomic mass is 10.2. The zero-order chi connectivity index (χ0) is 10.8. The topological polar surface area (TPSA) is 29.9 Å². The predicted octanol–water partition coefficient (Wildman–Crippen LogP) is 2.55. The van der Waals surface area contributed by atoms with E-state index in [0.29, 0.717) is 0 Å². The van der Waals surface area contributed by atoms with E-state index in [1.165, 1.54) is 10.6 Å². The predicted molar refractivity (Wildman–Crippen MR) is 66.1 cm³/mol. The van der Waals surface area contributed by atoms with E-state index in [9.17, 15) is 0 Å². The van der Waals surface area contributed by atoms with E-state index in [1.54, 1.807) is 11.3 Å². The van der Waals surface area contributed by atoms with Crippen LogP contribution in [0, 0.1) is 0 Å². The minimum Gasteiger partial charge on any atom is -0.307 e. The highest BCUT2D eigenvalue weighted by molar-refractivity contribution is 9.10. The van der Waals surface area contributed by atoms with Gasteiger partial charge in [0.25, 0.3) is 0 Å². The summed E-state index contributed by atoms with van der Waals surface area (Å²) in [5, 5.41) is 9.58. The Bertz CT molecular complexity index is 449. The van der Waals surface area contributed by atoms with Crippen LogP contribution >= 0.6 is 27.3 Å². The minimum atomic E-state index is 0.216. The quantitative estimate of drug-likeness (QED) is 0.939. The maximum atomic E-state index is 4.19. The largest absolute Gasteiger partial charge is 0.307 e. The Kier molecular flexibility index (Phi) is 3.23. The highest BCUT2D eigenvalue weighted by Crippen LogP contribution is 2.29. The van der Waals surface area contributed by atoms with Crippen molar-refractivity contribution in [2.24, 2.45) is 7.05 Å². The van der Waals surface area contributed by atoms with Gasteiger partial charge in [0.2, 0.25) is 0 Å². The van der Waals surface area contributed by atoms with Crippen LogP contribution in [0.1, 0.15) is 16.6 Å². The van der Waals surface area contributed by atoms with Crippen LogP contribution in [0.4, 0.5) is 0 Å². The molecule has 0 aromatic carbocycles. The molecule has 0 radical (unpaired) electrons. The fourth-order valence-electron chi connectivity index (χ4n) is 1.58. The van der Waals surface area contributed by atoms with Gasteiger partial charge in [0.15, 0.2) is 0 Å². The molecule has 15 heavy (non-hydrogen) atoms. The second-order valence-corrected chi connectivity index (χ2v) is 5.13. The molecule has 0 aliphatic heterocycles. The molecule has 3 nitrogen and oxygen atoms in total. The normalized spacial score (nSPS) is 13.0. The Balaban J connectivity index is 2.36. The number of aromatic nitrogens is 2. The second-order valence-electron chi connectivity index (χ2n) is 3.27. The molecule has 1 atom stereocenters. The summed E-state index contributed by atoms with van der Waals surface area (Å²) < 4.78 is 3.03. The average molecular weight is 286 g/mol. The Morgan fingerprint density at radius 3 is 2.87 bits per heavy atom. The molecule has 0 saturated carbocycles. The molecule has 2 aromatic rings. The lowest BCUT2D eigenvalue weighted by Crippen LogP contribution is -2.19. The Labute approximate surface area is 101 Å². The van der Waals surface area contributed by atoms with E-state index >= 15 is 0 Å². The third-order valence-corrected chi connectivity index (χ3v) is 4.07. The SMILES string of the molecule is CNC(c1cc(Br)cs1)c1ccnn1C. The van der Waals surface area contributed by atoms with Crippen molar-refractivity contribution < 1.29 is 0 Å². The van der Waals surface area contributed by atoms with Crippen LogP contribution in [0.25, 0.3) is 0 Å². The first kappa shape index (κ1) is 10.9. The molecular formula is C10H12BrN3S. The second kappa shape index (κ2) is 4.47. The first-order chi connectivity index (χ1) is 7.22. The minimum absolute atomic E-state index is 0.216. The maximum absolute atomic E-state index is 4.19. The molecule has 1 unspecified atom stereocenters. The van der Waals surface area contributed by atoms with E-state index in [2.05, 4.69) is 37.8 Å². The van der Waals surface area contributed by atoms with E-state index in [4.69, 9.17) is 0 Å². The van der Waals surface area contributed by atoms with Gasteiger partial charge in [-0.1, -0.05) is 0 Å². The molecule has 1 N–H and O–H groups in total. The molecule has 2 rings (SSSR count).